The molecule has 4 nitrogen and oxygen atoms in total. The van der Waals surface area contributed by atoms with Crippen LogP contribution in [0, 0.1) is 6.92 Å². The summed E-state index contributed by atoms with van der Waals surface area (Å²) in [6.45, 7) is 4.80. The van der Waals surface area contributed by atoms with Crippen molar-refractivity contribution in [3.8, 4) is 0 Å². The highest BCUT2D eigenvalue weighted by Crippen LogP contribution is 2.08. The maximum atomic E-state index is 11.7. The number of hydrogen-bond donors (Lipinski definition) is 2. The fourth-order valence-corrected chi connectivity index (χ4v) is 1.57. The first-order valence-electron chi connectivity index (χ1n) is 6.20. The van der Waals surface area contributed by atoms with E-state index in [-0.39, 0.29) is 12.0 Å². The van der Waals surface area contributed by atoms with Crippen molar-refractivity contribution in [3.63, 3.8) is 0 Å². The molecule has 18 heavy (non-hydrogen) atoms. The van der Waals surface area contributed by atoms with E-state index in [4.69, 9.17) is 5.11 Å². The van der Waals surface area contributed by atoms with Gasteiger partial charge in [0.2, 0.25) is 5.91 Å². The lowest BCUT2D eigenvalue weighted by Gasteiger charge is -2.17. The van der Waals surface area contributed by atoms with Crippen molar-refractivity contribution in [2.45, 2.75) is 26.4 Å². The molecule has 1 aromatic rings. The van der Waals surface area contributed by atoms with Gasteiger partial charge in [0, 0.05) is 12.2 Å². The maximum absolute atomic E-state index is 11.7. The summed E-state index contributed by atoms with van der Waals surface area (Å²) in [7, 11) is 1.87. The Morgan fingerprint density at radius 1 is 1.39 bits per heavy atom. The van der Waals surface area contributed by atoms with Crippen LogP contribution >= 0.6 is 0 Å². The third kappa shape index (κ3) is 5.80. The van der Waals surface area contributed by atoms with E-state index in [1.807, 2.05) is 43.1 Å². The molecule has 1 atom stereocenters. The number of aliphatic hydroxyl groups excluding tert-OH is 1. The molecule has 0 aliphatic heterocycles. The Morgan fingerprint density at radius 2 is 2.00 bits per heavy atom. The molecule has 0 bridgehead atoms. The predicted molar refractivity (Wildman–Crippen MR) is 73.6 cm³/mol. The van der Waals surface area contributed by atoms with Crippen molar-refractivity contribution >= 4 is 11.6 Å². The van der Waals surface area contributed by atoms with Crippen molar-refractivity contribution < 1.29 is 9.90 Å². The van der Waals surface area contributed by atoms with Crippen molar-refractivity contribution in [1.29, 1.82) is 0 Å². The molecule has 1 amide bonds. The van der Waals surface area contributed by atoms with Crippen molar-refractivity contribution in [2.24, 2.45) is 0 Å². The smallest absolute Gasteiger partial charge is 0.238 e. The summed E-state index contributed by atoms with van der Waals surface area (Å²) in [5.74, 6) is -0.0352. The van der Waals surface area contributed by atoms with E-state index in [1.165, 1.54) is 5.56 Å². The van der Waals surface area contributed by atoms with Gasteiger partial charge in [-0.05, 0) is 39.4 Å². The minimum atomic E-state index is -0.326. The molecule has 1 unspecified atom stereocenters. The number of rotatable bonds is 6. The number of nitrogens with zero attached hydrogens (tertiary/aromatic N) is 1. The van der Waals surface area contributed by atoms with E-state index >= 15 is 0 Å². The Morgan fingerprint density at radius 3 is 2.56 bits per heavy atom. The summed E-state index contributed by atoms with van der Waals surface area (Å²) in [5, 5.41) is 12.0. The minimum absolute atomic E-state index is 0.0352. The van der Waals surface area contributed by atoms with Gasteiger partial charge >= 0.3 is 0 Å². The van der Waals surface area contributed by atoms with Crippen molar-refractivity contribution in [1.82, 2.24) is 4.90 Å². The molecule has 0 radical (unpaired) electrons. The number of anilines is 1. The number of hydrogen-bond acceptors (Lipinski definition) is 3. The molecule has 2 N–H and O–H groups in total. The fourth-order valence-electron chi connectivity index (χ4n) is 1.57. The number of amides is 1. The van der Waals surface area contributed by atoms with E-state index in [2.05, 4.69) is 5.32 Å². The van der Waals surface area contributed by atoms with E-state index in [1.54, 1.807) is 6.92 Å². The van der Waals surface area contributed by atoms with Crippen LogP contribution in [0.4, 0.5) is 5.69 Å². The second kappa shape index (κ2) is 7.13. The van der Waals surface area contributed by atoms with E-state index in [0.29, 0.717) is 19.5 Å². The number of aliphatic hydroxyl groups is 1. The number of carbonyl (C=O) groups is 1. The first-order chi connectivity index (χ1) is 8.47. The highest BCUT2D eigenvalue weighted by atomic mass is 16.3. The molecular formula is C14H22N2O2. The van der Waals surface area contributed by atoms with Crippen molar-refractivity contribution in [2.75, 3.05) is 25.5 Å². The average Bonchev–Trinajstić information content (AvgIpc) is 2.29. The summed E-state index contributed by atoms with van der Waals surface area (Å²) in [5.41, 5.74) is 1.98. The maximum Gasteiger partial charge on any atom is 0.238 e. The van der Waals surface area contributed by atoms with E-state index in [9.17, 15) is 4.79 Å². The van der Waals surface area contributed by atoms with Gasteiger partial charge in [-0.2, -0.15) is 0 Å². The first kappa shape index (κ1) is 14.7. The van der Waals surface area contributed by atoms with Crippen LogP contribution in [-0.4, -0.2) is 42.2 Å². The predicted octanol–water partition coefficient (Wildman–Crippen LogP) is 1.64. The standard InChI is InChI=1S/C14H22N2O2/c1-11-4-6-13(7-5-11)15-14(18)10-16(3)9-8-12(2)17/h4-7,12,17H,8-10H2,1-3H3,(H,15,18). The number of benzene rings is 1. The summed E-state index contributed by atoms with van der Waals surface area (Å²) in [6, 6.07) is 7.71. The normalized spacial score (nSPS) is 12.5. The van der Waals surface area contributed by atoms with Crippen LogP contribution in [0.2, 0.25) is 0 Å². The van der Waals surface area contributed by atoms with Gasteiger partial charge in [0.1, 0.15) is 0 Å². The van der Waals surface area contributed by atoms with Gasteiger partial charge in [-0.3, -0.25) is 9.69 Å². The Hall–Kier alpha value is -1.39. The zero-order chi connectivity index (χ0) is 13.5. The highest BCUT2D eigenvalue weighted by molar-refractivity contribution is 5.92. The molecule has 100 valence electrons. The fraction of sp³-hybridized carbons (Fsp3) is 0.500. The van der Waals surface area contributed by atoms with Crippen LogP contribution in [0.1, 0.15) is 18.9 Å². The Labute approximate surface area is 109 Å². The zero-order valence-electron chi connectivity index (χ0n) is 11.3. The molecule has 0 aliphatic carbocycles. The molecule has 1 rings (SSSR count). The molecule has 1 aromatic carbocycles. The van der Waals surface area contributed by atoms with Crippen molar-refractivity contribution in [3.05, 3.63) is 29.8 Å². The largest absolute Gasteiger partial charge is 0.393 e. The number of likely N-dealkylation sites (N-methyl/N-ethyl adjacent to an activating group) is 1. The lowest BCUT2D eigenvalue weighted by molar-refractivity contribution is -0.117. The third-order valence-electron chi connectivity index (χ3n) is 2.68. The summed E-state index contributed by atoms with van der Waals surface area (Å²) in [6.07, 6.45) is 0.349. The topological polar surface area (TPSA) is 52.6 Å². The van der Waals surface area contributed by atoms with E-state index in [0.717, 1.165) is 5.69 Å². The van der Waals surface area contributed by atoms with Crippen LogP contribution in [0.3, 0.4) is 0 Å². The van der Waals surface area contributed by atoms with Gasteiger partial charge < -0.3 is 10.4 Å². The van der Waals surface area contributed by atoms with Gasteiger partial charge in [0.15, 0.2) is 0 Å². The number of aryl methyl sites for hydroxylation is 1. The van der Waals surface area contributed by atoms with Gasteiger partial charge in [-0.15, -0.1) is 0 Å². The summed E-state index contributed by atoms with van der Waals surface area (Å²) < 4.78 is 0. The molecule has 0 aromatic heterocycles. The number of carbonyl (C=O) groups excluding carboxylic acids is 1. The Bertz CT molecular complexity index is 374. The lowest BCUT2D eigenvalue weighted by atomic mass is 10.2. The van der Waals surface area contributed by atoms with Gasteiger partial charge in [-0.25, -0.2) is 0 Å². The zero-order valence-corrected chi connectivity index (χ0v) is 11.3. The van der Waals surface area contributed by atoms with Crippen LogP contribution in [0.15, 0.2) is 24.3 Å². The SMILES string of the molecule is Cc1ccc(NC(=O)CN(C)CCC(C)O)cc1. The molecule has 4 heteroatoms. The molecule has 0 aliphatic rings. The molecule has 0 fully saturated rings. The third-order valence-corrected chi connectivity index (χ3v) is 2.68. The van der Waals surface area contributed by atoms with Gasteiger partial charge in [-0.1, -0.05) is 17.7 Å². The molecule has 0 saturated heterocycles. The van der Waals surface area contributed by atoms with Crippen LogP contribution in [0.5, 0.6) is 0 Å². The second-order valence-corrected chi connectivity index (χ2v) is 4.79. The molecule has 0 saturated carbocycles. The lowest BCUT2D eigenvalue weighted by Crippen LogP contribution is -2.32. The Kier molecular flexibility index (Phi) is 5.82. The monoisotopic (exact) mass is 250 g/mol. The second-order valence-electron chi connectivity index (χ2n) is 4.79. The number of nitrogens with one attached hydrogen (secondary N) is 1. The first-order valence-corrected chi connectivity index (χ1v) is 6.20. The molecule has 0 heterocycles. The van der Waals surface area contributed by atoms with Crippen LogP contribution < -0.4 is 5.32 Å². The Balaban J connectivity index is 2.34. The van der Waals surface area contributed by atoms with Crippen LogP contribution in [0.25, 0.3) is 0 Å². The van der Waals surface area contributed by atoms with Crippen LogP contribution in [-0.2, 0) is 4.79 Å². The minimum Gasteiger partial charge on any atom is -0.393 e. The van der Waals surface area contributed by atoms with Gasteiger partial charge in [0.05, 0.1) is 12.6 Å². The highest BCUT2D eigenvalue weighted by Gasteiger charge is 2.07. The summed E-state index contributed by atoms with van der Waals surface area (Å²) >= 11 is 0. The summed E-state index contributed by atoms with van der Waals surface area (Å²) in [4.78, 5) is 13.6. The molecular weight excluding hydrogens is 228 g/mol. The quantitative estimate of drug-likeness (QED) is 0.807. The molecule has 0 spiro atoms. The van der Waals surface area contributed by atoms with E-state index < -0.39 is 0 Å². The van der Waals surface area contributed by atoms with Gasteiger partial charge in [0.25, 0.3) is 0 Å². The average molecular weight is 250 g/mol.